The van der Waals surface area contributed by atoms with Crippen LogP contribution in [0, 0.1) is 11.6 Å². The molecule has 0 saturated heterocycles. The van der Waals surface area contributed by atoms with Gasteiger partial charge in [0, 0.05) is 11.1 Å². The molecule has 6 heteroatoms. The van der Waals surface area contributed by atoms with Gasteiger partial charge in [0.2, 0.25) is 0 Å². The van der Waals surface area contributed by atoms with Crippen LogP contribution < -0.4 is 0 Å². The van der Waals surface area contributed by atoms with Gasteiger partial charge >= 0.3 is 0 Å². The Balaban J connectivity index is 1.97. The van der Waals surface area contributed by atoms with Gasteiger partial charge in [-0.15, -0.1) is 0 Å². The van der Waals surface area contributed by atoms with Crippen molar-refractivity contribution in [3.8, 4) is 11.1 Å². The van der Waals surface area contributed by atoms with Crippen molar-refractivity contribution < 1.29 is 17.6 Å². The number of nitrogens with zero attached hydrogens (tertiary/aromatic N) is 1. The van der Waals surface area contributed by atoms with E-state index in [1.807, 2.05) is 35.5 Å². The van der Waals surface area contributed by atoms with Crippen LogP contribution in [0.4, 0.5) is 23.2 Å². The van der Waals surface area contributed by atoms with E-state index in [2.05, 4.69) is 17.2 Å². The van der Waals surface area contributed by atoms with Gasteiger partial charge in [-0.05, 0) is 35.5 Å². The minimum Gasteiger partial charge on any atom is -0.204 e. The number of isothiocyanates is 1. The standard InChI is InChI=1S/C21H11F4NS/c22-17-10-16(11-18(23)21(17)26-12-27)20(25)19(24)15-8-6-14(7-9-15)13-4-2-1-3-5-13/h1-11H/b20-19+. The van der Waals surface area contributed by atoms with Crippen LogP contribution in [0.1, 0.15) is 11.1 Å². The Bertz CT molecular complexity index is 1030. The molecule has 3 aromatic carbocycles. The lowest BCUT2D eigenvalue weighted by Gasteiger charge is -2.06. The summed E-state index contributed by atoms with van der Waals surface area (Å²) >= 11 is 4.30. The quantitative estimate of drug-likeness (QED) is 0.201. The van der Waals surface area contributed by atoms with Gasteiger partial charge < -0.3 is 0 Å². The van der Waals surface area contributed by atoms with Crippen molar-refractivity contribution >= 4 is 34.7 Å². The second kappa shape index (κ2) is 8.08. The molecule has 0 aliphatic carbocycles. The highest BCUT2D eigenvalue weighted by Gasteiger charge is 2.17. The molecule has 3 aromatic rings. The van der Waals surface area contributed by atoms with Gasteiger partial charge in [-0.2, -0.15) is 4.99 Å². The third-order valence-electron chi connectivity index (χ3n) is 3.87. The maximum absolute atomic E-state index is 14.5. The lowest BCUT2D eigenvalue weighted by atomic mass is 10.0. The summed E-state index contributed by atoms with van der Waals surface area (Å²) in [6.07, 6.45) is 0. The van der Waals surface area contributed by atoms with Gasteiger partial charge in [0.25, 0.3) is 0 Å². The number of thiocarbonyl (C=S) groups is 1. The second-order valence-electron chi connectivity index (χ2n) is 5.56. The number of aliphatic imine (C=N–C) groups is 1. The fourth-order valence-electron chi connectivity index (χ4n) is 2.54. The molecule has 0 aliphatic rings. The molecular formula is C21H11F4NS. The molecule has 0 saturated carbocycles. The summed E-state index contributed by atoms with van der Waals surface area (Å²) in [5.74, 6) is -4.92. The Morgan fingerprint density at radius 2 is 1.26 bits per heavy atom. The van der Waals surface area contributed by atoms with Crippen LogP contribution in [-0.4, -0.2) is 5.16 Å². The molecule has 27 heavy (non-hydrogen) atoms. The predicted octanol–water partition coefficient (Wildman–Crippen LogP) is 7.13. The molecule has 0 fully saturated rings. The summed E-state index contributed by atoms with van der Waals surface area (Å²) in [7, 11) is 0. The summed E-state index contributed by atoms with van der Waals surface area (Å²) in [5, 5.41) is 1.83. The lowest BCUT2D eigenvalue weighted by molar-refractivity contribution is 0.585. The zero-order chi connectivity index (χ0) is 19.4. The Morgan fingerprint density at radius 3 is 1.81 bits per heavy atom. The first kappa shape index (κ1) is 18.7. The largest absolute Gasteiger partial charge is 0.204 e. The van der Waals surface area contributed by atoms with Crippen molar-refractivity contribution in [1.29, 1.82) is 0 Å². The molecule has 0 aliphatic heterocycles. The lowest BCUT2D eigenvalue weighted by Crippen LogP contribution is -1.90. The maximum Gasteiger partial charge on any atom is 0.166 e. The fourth-order valence-corrected chi connectivity index (χ4v) is 2.63. The topological polar surface area (TPSA) is 12.4 Å². The second-order valence-corrected chi connectivity index (χ2v) is 5.75. The first-order chi connectivity index (χ1) is 13.0. The van der Waals surface area contributed by atoms with Crippen molar-refractivity contribution in [2.24, 2.45) is 4.99 Å². The van der Waals surface area contributed by atoms with Crippen molar-refractivity contribution in [3.05, 3.63) is 89.5 Å². The summed E-state index contributed by atoms with van der Waals surface area (Å²) in [5.41, 5.74) is 0.431. The fraction of sp³-hybridized carbons (Fsp3) is 0. The number of hydrogen-bond donors (Lipinski definition) is 0. The Hall–Kier alpha value is -3.08. The molecule has 0 unspecified atom stereocenters. The Kier molecular flexibility index (Phi) is 5.60. The van der Waals surface area contributed by atoms with Crippen molar-refractivity contribution in [1.82, 2.24) is 0 Å². The molecular weight excluding hydrogens is 374 g/mol. The minimum atomic E-state index is -1.38. The summed E-state index contributed by atoms with van der Waals surface area (Å²) < 4.78 is 56.6. The molecule has 0 amide bonds. The van der Waals surface area contributed by atoms with E-state index in [0.29, 0.717) is 12.1 Å². The van der Waals surface area contributed by atoms with E-state index < -0.39 is 34.5 Å². The normalized spacial score (nSPS) is 11.6. The van der Waals surface area contributed by atoms with Gasteiger partial charge in [-0.25, -0.2) is 17.6 Å². The van der Waals surface area contributed by atoms with E-state index in [1.165, 1.54) is 12.1 Å². The molecule has 134 valence electrons. The zero-order valence-corrected chi connectivity index (χ0v) is 14.5. The third-order valence-corrected chi connectivity index (χ3v) is 3.96. The highest BCUT2D eigenvalue weighted by atomic mass is 32.1. The molecule has 0 spiro atoms. The summed E-state index contributed by atoms with van der Waals surface area (Å²) in [4.78, 5) is 3.23. The number of halogens is 4. The molecule has 0 aromatic heterocycles. The predicted molar refractivity (Wildman–Crippen MR) is 102 cm³/mol. The van der Waals surface area contributed by atoms with Crippen LogP contribution in [0.25, 0.3) is 22.8 Å². The molecule has 3 rings (SSSR count). The van der Waals surface area contributed by atoms with Crippen molar-refractivity contribution in [2.75, 3.05) is 0 Å². The average molecular weight is 385 g/mol. The van der Waals surface area contributed by atoms with Gasteiger partial charge in [0.05, 0.1) is 5.16 Å². The maximum atomic E-state index is 14.5. The van der Waals surface area contributed by atoms with E-state index >= 15 is 0 Å². The molecule has 0 radical (unpaired) electrons. The smallest absolute Gasteiger partial charge is 0.166 e. The molecule has 0 atom stereocenters. The van der Waals surface area contributed by atoms with Crippen LogP contribution in [-0.2, 0) is 0 Å². The van der Waals surface area contributed by atoms with Crippen LogP contribution in [0.15, 0.2) is 71.7 Å². The third kappa shape index (κ3) is 4.03. The average Bonchev–Trinajstić information content (AvgIpc) is 2.70. The van der Waals surface area contributed by atoms with E-state index in [4.69, 9.17) is 0 Å². The van der Waals surface area contributed by atoms with Crippen LogP contribution in [0.3, 0.4) is 0 Å². The first-order valence-electron chi connectivity index (χ1n) is 7.79. The van der Waals surface area contributed by atoms with Gasteiger partial charge in [-0.1, -0.05) is 54.6 Å². The van der Waals surface area contributed by atoms with E-state index in [0.717, 1.165) is 11.1 Å². The van der Waals surface area contributed by atoms with E-state index in [9.17, 15) is 17.6 Å². The van der Waals surface area contributed by atoms with Gasteiger partial charge in [0.15, 0.2) is 23.3 Å². The Morgan fingerprint density at radius 1 is 0.741 bits per heavy atom. The van der Waals surface area contributed by atoms with Crippen molar-refractivity contribution in [3.63, 3.8) is 0 Å². The van der Waals surface area contributed by atoms with Crippen LogP contribution in [0.5, 0.6) is 0 Å². The van der Waals surface area contributed by atoms with Gasteiger partial charge in [-0.3, -0.25) is 0 Å². The SMILES string of the molecule is F/C(=C(/F)c1cc(F)c(N=C=S)c(F)c1)c1ccc(-c2ccccc2)cc1. The molecule has 1 nitrogen and oxygen atoms in total. The van der Waals surface area contributed by atoms with E-state index in [-0.39, 0.29) is 5.56 Å². The summed E-state index contributed by atoms with van der Waals surface area (Å²) in [6.45, 7) is 0. The monoisotopic (exact) mass is 385 g/mol. The highest BCUT2D eigenvalue weighted by Crippen LogP contribution is 2.33. The zero-order valence-electron chi connectivity index (χ0n) is 13.7. The molecule has 0 heterocycles. The number of hydrogen-bond acceptors (Lipinski definition) is 2. The molecule has 0 bridgehead atoms. The van der Waals surface area contributed by atoms with Gasteiger partial charge in [0.1, 0.15) is 5.69 Å². The van der Waals surface area contributed by atoms with Crippen LogP contribution >= 0.6 is 12.2 Å². The first-order valence-corrected chi connectivity index (χ1v) is 8.20. The Labute approximate surface area is 158 Å². The van der Waals surface area contributed by atoms with E-state index in [1.54, 1.807) is 12.1 Å². The number of rotatable bonds is 4. The highest BCUT2D eigenvalue weighted by molar-refractivity contribution is 7.78. The molecule has 0 N–H and O–H groups in total. The van der Waals surface area contributed by atoms with Crippen molar-refractivity contribution in [2.45, 2.75) is 0 Å². The summed E-state index contributed by atoms with van der Waals surface area (Å²) in [6, 6.07) is 16.7. The van der Waals surface area contributed by atoms with Crippen LogP contribution in [0.2, 0.25) is 0 Å². The number of benzene rings is 3. The minimum absolute atomic E-state index is 0.0472.